The molecule has 11 nitrogen and oxygen atoms in total. The standard InChI is InChI=1S/C28H29N5O6S/c1-28(2,3)39-27(35)32-22-13-24-25(33(17-22)40(36,37)23-11-7-10-20(12-23)15-29)14-21(16-30-24)31-26(34)38-18-19-8-5-4-6-9-19/h4-12,14,16,22H,13,17-18H2,1-3H3,(H,31,34)(H,32,35). The van der Waals surface area contributed by atoms with Crippen LogP contribution in [-0.4, -0.2) is 43.8 Å². The summed E-state index contributed by atoms with van der Waals surface area (Å²) in [4.78, 5) is 29.2. The van der Waals surface area contributed by atoms with E-state index in [-0.39, 0.29) is 41.4 Å². The van der Waals surface area contributed by atoms with Gasteiger partial charge in [0.1, 0.15) is 12.2 Å². The molecular formula is C28H29N5O6S. The van der Waals surface area contributed by atoms with E-state index >= 15 is 0 Å². The van der Waals surface area contributed by atoms with Crippen molar-refractivity contribution in [1.82, 2.24) is 10.3 Å². The van der Waals surface area contributed by atoms with Crippen LogP contribution in [0.4, 0.5) is 21.0 Å². The summed E-state index contributed by atoms with van der Waals surface area (Å²) in [5.74, 6) is 0. The lowest BCUT2D eigenvalue weighted by Crippen LogP contribution is -2.51. The van der Waals surface area contributed by atoms with Crippen LogP contribution in [0.2, 0.25) is 0 Å². The Morgan fingerprint density at radius 1 is 1.10 bits per heavy atom. The van der Waals surface area contributed by atoms with E-state index in [2.05, 4.69) is 15.6 Å². The zero-order valence-electron chi connectivity index (χ0n) is 22.2. The van der Waals surface area contributed by atoms with Gasteiger partial charge in [-0.1, -0.05) is 36.4 Å². The molecule has 1 aliphatic heterocycles. The first-order valence-electron chi connectivity index (χ1n) is 12.4. The van der Waals surface area contributed by atoms with Crippen LogP contribution in [0, 0.1) is 11.3 Å². The van der Waals surface area contributed by atoms with Gasteiger partial charge in [-0.3, -0.25) is 14.6 Å². The summed E-state index contributed by atoms with van der Waals surface area (Å²) in [6.45, 7) is 5.10. The molecule has 2 aromatic carbocycles. The lowest BCUT2D eigenvalue weighted by molar-refractivity contribution is 0.0505. The molecule has 0 saturated heterocycles. The van der Waals surface area contributed by atoms with E-state index in [1.807, 2.05) is 36.4 Å². The van der Waals surface area contributed by atoms with Crippen molar-refractivity contribution in [1.29, 1.82) is 5.26 Å². The Hall–Kier alpha value is -4.63. The van der Waals surface area contributed by atoms with Gasteiger partial charge < -0.3 is 14.8 Å². The SMILES string of the molecule is CC(C)(C)OC(=O)NC1Cc2ncc(NC(=O)OCc3ccccc3)cc2N(S(=O)(=O)c2cccc(C#N)c2)C1. The quantitative estimate of drug-likeness (QED) is 0.449. The number of nitrogens with one attached hydrogen (secondary N) is 2. The van der Waals surface area contributed by atoms with E-state index in [1.165, 1.54) is 36.5 Å². The summed E-state index contributed by atoms with van der Waals surface area (Å²) in [6.07, 6.45) is 0.183. The highest BCUT2D eigenvalue weighted by Gasteiger charge is 2.36. The van der Waals surface area contributed by atoms with Gasteiger partial charge in [0.2, 0.25) is 0 Å². The molecule has 1 aromatic heterocycles. The van der Waals surface area contributed by atoms with Crippen molar-refractivity contribution in [3.63, 3.8) is 0 Å². The molecule has 0 spiro atoms. The summed E-state index contributed by atoms with van der Waals surface area (Å²) in [7, 11) is -4.20. The molecule has 0 fully saturated rings. The molecule has 1 atom stereocenters. The van der Waals surface area contributed by atoms with E-state index in [0.29, 0.717) is 5.69 Å². The van der Waals surface area contributed by atoms with Crippen LogP contribution in [-0.2, 0) is 32.5 Å². The maximum absolute atomic E-state index is 13.8. The molecule has 2 N–H and O–H groups in total. The van der Waals surface area contributed by atoms with Gasteiger partial charge in [-0.2, -0.15) is 5.26 Å². The Morgan fingerprint density at radius 2 is 1.85 bits per heavy atom. The van der Waals surface area contributed by atoms with Crippen LogP contribution in [0.3, 0.4) is 0 Å². The van der Waals surface area contributed by atoms with Crippen molar-refractivity contribution in [3.05, 3.63) is 83.7 Å². The minimum absolute atomic E-state index is 0.0544. The summed E-state index contributed by atoms with van der Waals surface area (Å²) in [5, 5.41) is 14.6. The molecule has 1 aliphatic rings. The zero-order chi connectivity index (χ0) is 28.9. The third-order valence-corrected chi connectivity index (χ3v) is 7.55. The fraction of sp³-hybridized carbons (Fsp3) is 0.286. The predicted octanol–water partition coefficient (Wildman–Crippen LogP) is 4.35. The van der Waals surface area contributed by atoms with Gasteiger partial charge >= 0.3 is 12.2 Å². The lowest BCUT2D eigenvalue weighted by Gasteiger charge is -2.35. The first kappa shape index (κ1) is 28.4. The third kappa shape index (κ3) is 7.06. The maximum Gasteiger partial charge on any atom is 0.412 e. The van der Waals surface area contributed by atoms with Crippen molar-refractivity contribution in [3.8, 4) is 6.07 Å². The van der Waals surface area contributed by atoms with E-state index < -0.39 is 33.9 Å². The maximum atomic E-state index is 13.8. The summed E-state index contributed by atoms with van der Waals surface area (Å²) < 4.78 is 39.3. The van der Waals surface area contributed by atoms with Gasteiger partial charge in [-0.25, -0.2) is 18.0 Å². The number of sulfonamides is 1. The van der Waals surface area contributed by atoms with Crippen LogP contribution in [0.25, 0.3) is 0 Å². The largest absolute Gasteiger partial charge is 0.444 e. The molecule has 0 saturated carbocycles. The summed E-state index contributed by atoms with van der Waals surface area (Å²) >= 11 is 0. The number of nitrogens with zero attached hydrogens (tertiary/aromatic N) is 3. The molecular weight excluding hydrogens is 534 g/mol. The minimum atomic E-state index is -4.20. The number of hydrogen-bond donors (Lipinski definition) is 2. The van der Waals surface area contributed by atoms with E-state index in [4.69, 9.17) is 9.47 Å². The number of aromatic nitrogens is 1. The average molecular weight is 564 g/mol. The lowest BCUT2D eigenvalue weighted by atomic mass is 10.0. The van der Waals surface area contributed by atoms with Crippen LogP contribution in [0.15, 0.2) is 71.8 Å². The van der Waals surface area contributed by atoms with Crippen molar-refractivity contribution in [2.75, 3.05) is 16.2 Å². The Labute approximate surface area is 232 Å². The number of ether oxygens (including phenoxy) is 2. The molecule has 0 radical (unpaired) electrons. The Bertz CT molecular complexity index is 1550. The second-order valence-electron chi connectivity index (χ2n) is 10.1. The number of carbonyl (C=O) groups is 2. The summed E-state index contributed by atoms with van der Waals surface area (Å²) in [5.41, 5.74) is 1.08. The monoisotopic (exact) mass is 563 g/mol. The van der Waals surface area contributed by atoms with Crippen LogP contribution in [0.1, 0.15) is 37.6 Å². The molecule has 0 aliphatic carbocycles. The van der Waals surface area contributed by atoms with Crippen molar-refractivity contribution in [2.24, 2.45) is 0 Å². The van der Waals surface area contributed by atoms with Gasteiger partial charge in [-0.15, -0.1) is 0 Å². The van der Waals surface area contributed by atoms with E-state index in [0.717, 1.165) is 9.87 Å². The number of pyridine rings is 1. The highest BCUT2D eigenvalue weighted by Crippen LogP contribution is 2.33. The van der Waals surface area contributed by atoms with Crippen molar-refractivity contribution >= 4 is 33.6 Å². The highest BCUT2D eigenvalue weighted by atomic mass is 32.2. The number of hydrogen-bond acceptors (Lipinski definition) is 8. The van der Waals surface area contributed by atoms with E-state index in [1.54, 1.807) is 20.8 Å². The van der Waals surface area contributed by atoms with Gasteiger partial charge in [0.05, 0.1) is 52.4 Å². The van der Waals surface area contributed by atoms with Gasteiger partial charge in [0.15, 0.2) is 0 Å². The van der Waals surface area contributed by atoms with Crippen molar-refractivity contribution in [2.45, 2.75) is 50.3 Å². The number of nitriles is 1. The molecule has 2 heterocycles. The topological polar surface area (TPSA) is 151 Å². The second kappa shape index (κ2) is 11.6. The van der Waals surface area contributed by atoms with Crippen LogP contribution < -0.4 is 14.9 Å². The number of alkyl carbamates (subject to hydrolysis) is 1. The number of amides is 2. The normalized spacial score (nSPS) is 14.8. The predicted molar refractivity (Wildman–Crippen MR) is 147 cm³/mol. The number of fused-ring (bicyclic) bond motifs is 1. The zero-order valence-corrected chi connectivity index (χ0v) is 23.1. The molecule has 12 heteroatoms. The number of anilines is 2. The molecule has 40 heavy (non-hydrogen) atoms. The number of carbonyl (C=O) groups excluding carboxylic acids is 2. The molecule has 2 amide bonds. The Kier molecular flexibility index (Phi) is 8.25. The van der Waals surface area contributed by atoms with Crippen LogP contribution in [0.5, 0.6) is 0 Å². The summed E-state index contributed by atoms with van der Waals surface area (Å²) in [6, 6.07) is 17.6. The smallest absolute Gasteiger partial charge is 0.412 e. The number of benzene rings is 2. The fourth-order valence-corrected chi connectivity index (χ4v) is 5.62. The second-order valence-corrected chi connectivity index (χ2v) is 12.0. The van der Waals surface area contributed by atoms with Crippen molar-refractivity contribution < 1.29 is 27.5 Å². The average Bonchev–Trinajstić information content (AvgIpc) is 2.91. The molecule has 3 aromatic rings. The van der Waals surface area contributed by atoms with Crippen LogP contribution >= 0.6 is 0 Å². The molecule has 1 unspecified atom stereocenters. The first-order chi connectivity index (χ1) is 18.9. The third-order valence-electron chi connectivity index (χ3n) is 5.77. The first-order valence-corrected chi connectivity index (χ1v) is 13.9. The Balaban J connectivity index is 1.62. The fourth-order valence-electron chi connectivity index (χ4n) is 4.05. The highest BCUT2D eigenvalue weighted by molar-refractivity contribution is 7.92. The van der Waals surface area contributed by atoms with Gasteiger partial charge in [0.25, 0.3) is 10.0 Å². The molecule has 4 rings (SSSR count). The van der Waals surface area contributed by atoms with Gasteiger partial charge in [0, 0.05) is 6.42 Å². The molecule has 208 valence electrons. The number of rotatable bonds is 6. The Morgan fingerprint density at radius 3 is 2.55 bits per heavy atom. The van der Waals surface area contributed by atoms with E-state index in [9.17, 15) is 23.3 Å². The minimum Gasteiger partial charge on any atom is -0.444 e. The van der Waals surface area contributed by atoms with Gasteiger partial charge in [-0.05, 0) is 50.6 Å². The molecule has 0 bridgehead atoms.